The van der Waals surface area contributed by atoms with Crippen LogP contribution >= 0.6 is 11.8 Å². The lowest BCUT2D eigenvalue weighted by atomic mass is 10.0. The SMILES string of the molecule is CCSc1ccc(-c2cc(C(=O)O)cc([N+](=O)[O-])c2)cc1. The van der Waals surface area contributed by atoms with Crippen molar-refractivity contribution in [3.05, 3.63) is 58.1 Å². The molecular weight excluding hydrogens is 290 g/mol. The second-order valence-electron chi connectivity index (χ2n) is 4.29. The molecule has 0 atom stereocenters. The number of hydrogen-bond donors (Lipinski definition) is 1. The van der Waals surface area contributed by atoms with Gasteiger partial charge in [0, 0.05) is 17.0 Å². The summed E-state index contributed by atoms with van der Waals surface area (Å²) in [6, 6.07) is 11.4. The minimum absolute atomic E-state index is 0.0915. The molecule has 108 valence electrons. The molecule has 2 aromatic rings. The van der Waals surface area contributed by atoms with E-state index in [-0.39, 0.29) is 11.3 Å². The third kappa shape index (κ3) is 3.61. The summed E-state index contributed by atoms with van der Waals surface area (Å²) >= 11 is 1.69. The van der Waals surface area contributed by atoms with Crippen molar-refractivity contribution in [3.8, 4) is 11.1 Å². The van der Waals surface area contributed by atoms with Gasteiger partial charge in [0.1, 0.15) is 0 Å². The molecule has 0 saturated heterocycles. The van der Waals surface area contributed by atoms with Crippen LogP contribution in [0.3, 0.4) is 0 Å². The fraction of sp³-hybridized carbons (Fsp3) is 0.133. The van der Waals surface area contributed by atoms with Crippen molar-refractivity contribution in [3.63, 3.8) is 0 Å². The van der Waals surface area contributed by atoms with Gasteiger partial charge >= 0.3 is 5.97 Å². The first kappa shape index (κ1) is 15.1. The van der Waals surface area contributed by atoms with E-state index in [1.807, 2.05) is 24.3 Å². The normalized spacial score (nSPS) is 10.3. The number of carboxylic acids is 1. The number of carboxylic acid groups (broad SMARTS) is 1. The highest BCUT2D eigenvalue weighted by molar-refractivity contribution is 7.99. The number of nitrogens with zero attached hydrogens (tertiary/aromatic N) is 1. The molecule has 0 bridgehead atoms. The van der Waals surface area contributed by atoms with Crippen LogP contribution in [-0.2, 0) is 0 Å². The molecule has 5 nitrogen and oxygen atoms in total. The zero-order chi connectivity index (χ0) is 15.4. The van der Waals surface area contributed by atoms with Crippen molar-refractivity contribution < 1.29 is 14.8 Å². The van der Waals surface area contributed by atoms with E-state index in [0.29, 0.717) is 5.56 Å². The van der Waals surface area contributed by atoms with Gasteiger partial charge in [0.2, 0.25) is 0 Å². The average Bonchev–Trinajstić information content (AvgIpc) is 2.47. The summed E-state index contributed by atoms with van der Waals surface area (Å²) in [5.74, 6) is -0.225. The Morgan fingerprint density at radius 2 is 1.86 bits per heavy atom. The molecule has 2 aromatic carbocycles. The van der Waals surface area contributed by atoms with Gasteiger partial charge in [-0.25, -0.2) is 4.79 Å². The van der Waals surface area contributed by atoms with E-state index in [4.69, 9.17) is 5.11 Å². The minimum Gasteiger partial charge on any atom is -0.478 e. The standard InChI is InChI=1S/C15H13NO4S/c1-2-21-14-5-3-10(4-6-14)11-7-12(15(17)18)9-13(8-11)16(19)20/h3-9H,2H2,1H3,(H,17,18). The Labute approximate surface area is 125 Å². The molecule has 0 aliphatic heterocycles. The average molecular weight is 303 g/mol. The first-order valence-corrected chi connectivity index (χ1v) is 7.26. The van der Waals surface area contributed by atoms with Gasteiger partial charge in [0.05, 0.1) is 10.5 Å². The van der Waals surface area contributed by atoms with Crippen LogP contribution in [0.4, 0.5) is 5.69 Å². The second-order valence-corrected chi connectivity index (χ2v) is 5.63. The van der Waals surface area contributed by atoms with Gasteiger partial charge in [-0.3, -0.25) is 10.1 Å². The van der Waals surface area contributed by atoms with Crippen molar-refractivity contribution in [1.82, 2.24) is 0 Å². The summed E-state index contributed by atoms with van der Waals surface area (Å²) < 4.78 is 0. The quantitative estimate of drug-likeness (QED) is 0.511. The maximum absolute atomic E-state index is 11.1. The third-order valence-electron chi connectivity index (χ3n) is 2.87. The molecule has 0 aromatic heterocycles. The Kier molecular flexibility index (Phi) is 4.59. The van der Waals surface area contributed by atoms with Crippen LogP contribution in [0.1, 0.15) is 17.3 Å². The van der Waals surface area contributed by atoms with Crippen LogP contribution in [0.5, 0.6) is 0 Å². The molecule has 0 radical (unpaired) electrons. The largest absolute Gasteiger partial charge is 0.478 e. The Bertz CT molecular complexity index is 650. The van der Waals surface area contributed by atoms with E-state index >= 15 is 0 Å². The number of rotatable bonds is 5. The van der Waals surface area contributed by atoms with E-state index in [2.05, 4.69) is 6.92 Å². The van der Waals surface area contributed by atoms with Crippen LogP contribution in [0.25, 0.3) is 11.1 Å². The van der Waals surface area contributed by atoms with Crippen LogP contribution in [-0.4, -0.2) is 21.8 Å². The molecule has 2 rings (SSSR count). The number of carbonyl (C=O) groups is 1. The van der Waals surface area contributed by atoms with Gasteiger partial charge in [0.15, 0.2) is 0 Å². The molecular formula is C15H13NO4S. The van der Waals surface area contributed by atoms with Crippen molar-refractivity contribution in [2.24, 2.45) is 0 Å². The molecule has 0 unspecified atom stereocenters. The van der Waals surface area contributed by atoms with Crippen LogP contribution in [0.2, 0.25) is 0 Å². The molecule has 0 fully saturated rings. The first-order chi connectivity index (χ1) is 10.0. The molecule has 0 spiro atoms. The second kappa shape index (κ2) is 6.41. The number of non-ortho nitro benzene ring substituents is 1. The van der Waals surface area contributed by atoms with Crippen molar-refractivity contribution >= 4 is 23.4 Å². The number of benzene rings is 2. The number of hydrogen-bond acceptors (Lipinski definition) is 4. The summed E-state index contributed by atoms with van der Waals surface area (Å²) in [7, 11) is 0. The molecule has 21 heavy (non-hydrogen) atoms. The lowest BCUT2D eigenvalue weighted by Crippen LogP contribution is -1.99. The zero-order valence-corrected chi connectivity index (χ0v) is 12.1. The lowest BCUT2D eigenvalue weighted by Gasteiger charge is -2.05. The molecule has 0 heterocycles. The molecule has 1 N–H and O–H groups in total. The minimum atomic E-state index is -1.18. The van der Waals surface area contributed by atoms with Crippen LogP contribution < -0.4 is 0 Å². The van der Waals surface area contributed by atoms with Gasteiger partial charge in [0.25, 0.3) is 5.69 Å². The first-order valence-electron chi connectivity index (χ1n) is 6.27. The van der Waals surface area contributed by atoms with Gasteiger partial charge < -0.3 is 5.11 Å². The Morgan fingerprint density at radius 3 is 2.38 bits per heavy atom. The third-order valence-corrected chi connectivity index (χ3v) is 3.77. The fourth-order valence-electron chi connectivity index (χ4n) is 1.92. The Morgan fingerprint density at radius 1 is 1.19 bits per heavy atom. The molecule has 0 amide bonds. The Balaban J connectivity index is 2.46. The monoisotopic (exact) mass is 303 g/mol. The van der Waals surface area contributed by atoms with Gasteiger partial charge in [-0.2, -0.15) is 0 Å². The van der Waals surface area contributed by atoms with E-state index in [0.717, 1.165) is 22.3 Å². The predicted molar refractivity (Wildman–Crippen MR) is 81.9 cm³/mol. The van der Waals surface area contributed by atoms with E-state index in [1.54, 1.807) is 11.8 Å². The van der Waals surface area contributed by atoms with Crippen molar-refractivity contribution in [1.29, 1.82) is 0 Å². The number of thioether (sulfide) groups is 1. The van der Waals surface area contributed by atoms with Gasteiger partial charge in [-0.1, -0.05) is 19.1 Å². The van der Waals surface area contributed by atoms with E-state index < -0.39 is 10.9 Å². The summed E-state index contributed by atoms with van der Waals surface area (Å²) in [6.07, 6.45) is 0. The highest BCUT2D eigenvalue weighted by atomic mass is 32.2. The van der Waals surface area contributed by atoms with E-state index in [1.165, 1.54) is 12.1 Å². The lowest BCUT2D eigenvalue weighted by molar-refractivity contribution is -0.384. The van der Waals surface area contributed by atoms with Crippen molar-refractivity contribution in [2.45, 2.75) is 11.8 Å². The van der Waals surface area contributed by atoms with Gasteiger partial charge in [-0.15, -0.1) is 11.8 Å². The number of nitro benzene ring substituents is 1. The van der Waals surface area contributed by atoms with Crippen LogP contribution in [0.15, 0.2) is 47.4 Å². The summed E-state index contributed by atoms with van der Waals surface area (Å²) in [6.45, 7) is 2.05. The summed E-state index contributed by atoms with van der Waals surface area (Å²) in [5.41, 5.74) is 0.958. The maximum atomic E-state index is 11.1. The molecule has 0 saturated carbocycles. The maximum Gasteiger partial charge on any atom is 0.335 e. The predicted octanol–water partition coefficient (Wildman–Crippen LogP) is 4.07. The van der Waals surface area contributed by atoms with Crippen LogP contribution in [0, 0.1) is 10.1 Å². The molecule has 0 aliphatic carbocycles. The molecule has 0 aliphatic rings. The number of nitro groups is 1. The number of aromatic carboxylic acids is 1. The highest BCUT2D eigenvalue weighted by Crippen LogP contribution is 2.28. The highest BCUT2D eigenvalue weighted by Gasteiger charge is 2.14. The summed E-state index contributed by atoms with van der Waals surface area (Å²) in [5, 5.41) is 20.0. The fourth-order valence-corrected chi connectivity index (χ4v) is 2.58. The van der Waals surface area contributed by atoms with E-state index in [9.17, 15) is 14.9 Å². The topological polar surface area (TPSA) is 80.4 Å². The smallest absolute Gasteiger partial charge is 0.335 e. The Hall–Kier alpha value is -2.34. The van der Waals surface area contributed by atoms with Gasteiger partial charge in [-0.05, 0) is 35.1 Å². The summed E-state index contributed by atoms with van der Waals surface area (Å²) in [4.78, 5) is 22.5. The van der Waals surface area contributed by atoms with Crippen molar-refractivity contribution in [2.75, 3.05) is 5.75 Å². The molecule has 6 heteroatoms. The zero-order valence-electron chi connectivity index (χ0n) is 11.3.